The van der Waals surface area contributed by atoms with Gasteiger partial charge in [0.1, 0.15) is 0 Å². The van der Waals surface area contributed by atoms with Crippen LogP contribution in [0.15, 0.2) is 5.38 Å². The minimum absolute atomic E-state index is 0.0621. The van der Waals surface area contributed by atoms with E-state index in [4.69, 9.17) is 5.11 Å². The molecule has 1 aliphatic carbocycles. The highest BCUT2D eigenvalue weighted by Crippen LogP contribution is 2.51. The molecule has 1 aromatic rings. The van der Waals surface area contributed by atoms with E-state index in [1.807, 2.05) is 0 Å². The number of nitrogens with one attached hydrogen (secondary N) is 2. The summed E-state index contributed by atoms with van der Waals surface area (Å²) >= 11 is 1.30. The van der Waals surface area contributed by atoms with Crippen molar-refractivity contribution in [1.82, 2.24) is 15.6 Å². The highest BCUT2D eigenvalue weighted by Gasteiger charge is 2.45. The average molecular weight is 311 g/mol. The van der Waals surface area contributed by atoms with Crippen molar-refractivity contribution < 1.29 is 14.7 Å². The number of thiazole rings is 1. The van der Waals surface area contributed by atoms with Gasteiger partial charge in [-0.25, -0.2) is 14.6 Å². The van der Waals surface area contributed by atoms with Crippen LogP contribution in [0.5, 0.6) is 0 Å². The lowest BCUT2D eigenvalue weighted by molar-refractivity contribution is 0.0691. The third-order valence-corrected chi connectivity index (χ3v) is 5.02. The number of hydrogen-bond acceptors (Lipinski definition) is 4. The van der Waals surface area contributed by atoms with Crippen molar-refractivity contribution >= 4 is 23.3 Å². The molecule has 0 spiro atoms. The zero-order valence-electron chi connectivity index (χ0n) is 12.3. The van der Waals surface area contributed by atoms with Gasteiger partial charge in [0, 0.05) is 24.9 Å². The SMILES string of the molecule is CC(C)C1(CNC(=O)NCCc2nc(C(=O)O)cs2)CC1. The molecule has 1 aromatic heterocycles. The van der Waals surface area contributed by atoms with Crippen LogP contribution in [-0.4, -0.2) is 35.2 Å². The molecule has 0 unspecified atom stereocenters. The number of nitrogens with zero attached hydrogens (tertiary/aromatic N) is 1. The van der Waals surface area contributed by atoms with Gasteiger partial charge in [-0.2, -0.15) is 0 Å². The van der Waals surface area contributed by atoms with Gasteiger partial charge in [-0.3, -0.25) is 0 Å². The van der Waals surface area contributed by atoms with Crippen LogP contribution in [0.3, 0.4) is 0 Å². The Morgan fingerprint density at radius 1 is 1.43 bits per heavy atom. The second-order valence-corrected chi connectivity index (χ2v) is 6.75. The predicted molar refractivity (Wildman–Crippen MR) is 80.7 cm³/mol. The van der Waals surface area contributed by atoms with Crippen molar-refractivity contribution in [3.05, 3.63) is 16.1 Å². The van der Waals surface area contributed by atoms with Crippen molar-refractivity contribution in [1.29, 1.82) is 0 Å². The van der Waals surface area contributed by atoms with E-state index >= 15 is 0 Å². The molecule has 0 bridgehead atoms. The summed E-state index contributed by atoms with van der Waals surface area (Å²) in [7, 11) is 0. The molecule has 0 saturated heterocycles. The number of urea groups is 1. The molecule has 6 nitrogen and oxygen atoms in total. The molecule has 0 aliphatic heterocycles. The van der Waals surface area contributed by atoms with Gasteiger partial charge in [0.05, 0.1) is 5.01 Å². The zero-order valence-corrected chi connectivity index (χ0v) is 13.1. The van der Waals surface area contributed by atoms with Gasteiger partial charge in [0.25, 0.3) is 0 Å². The fourth-order valence-electron chi connectivity index (χ4n) is 2.24. The smallest absolute Gasteiger partial charge is 0.355 e. The van der Waals surface area contributed by atoms with Crippen molar-refractivity contribution in [3.8, 4) is 0 Å². The number of aromatic nitrogens is 1. The third kappa shape index (κ3) is 4.17. The topological polar surface area (TPSA) is 91.3 Å². The molecule has 2 amide bonds. The maximum atomic E-state index is 11.7. The van der Waals surface area contributed by atoms with E-state index in [1.165, 1.54) is 29.6 Å². The van der Waals surface area contributed by atoms with Crippen LogP contribution < -0.4 is 10.6 Å². The molecule has 0 aromatic carbocycles. The van der Waals surface area contributed by atoms with E-state index in [2.05, 4.69) is 29.5 Å². The summed E-state index contributed by atoms with van der Waals surface area (Å²) in [5.74, 6) is -0.436. The van der Waals surface area contributed by atoms with Crippen LogP contribution >= 0.6 is 11.3 Å². The van der Waals surface area contributed by atoms with Crippen LogP contribution in [0.2, 0.25) is 0 Å². The predicted octanol–water partition coefficient (Wildman–Crippen LogP) is 2.12. The second kappa shape index (κ2) is 6.43. The van der Waals surface area contributed by atoms with E-state index in [1.54, 1.807) is 0 Å². The lowest BCUT2D eigenvalue weighted by Crippen LogP contribution is -2.40. The molecule has 1 saturated carbocycles. The summed E-state index contributed by atoms with van der Waals surface area (Å²) in [6.45, 7) is 5.55. The van der Waals surface area contributed by atoms with Crippen molar-refractivity contribution in [3.63, 3.8) is 0 Å². The number of aromatic carboxylic acids is 1. The highest BCUT2D eigenvalue weighted by atomic mass is 32.1. The van der Waals surface area contributed by atoms with Crippen LogP contribution in [0.25, 0.3) is 0 Å². The maximum Gasteiger partial charge on any atom is 0.355 e. The number of carbonyl (C=O) groups is 2. The maximum absolute atomic E-state index is 11.7. The van der Waals surface area contributed by atoms with Gasteiger partial charge in [0.15, 0.2) is 5.69 Å². The van der Waals surface area contributed by atoms with E-state index in [0.717, 1.165) is 6.54 Å². The molecule has 0 radical (unpaired) electrons. The Morgan fingerprint density at radius 2 is 2.14 bits per heavy atom. The van der Waals surface area contributed by atoms with E-state index < -0.39 is 5.97 Å². The molecule has 2 rings (SSSR count). The Hall–Kier alpha value is -1.63. The number of carboxylic acids is 1. The molecule has 21 heavy (non-hydrogen) atoms. The number of rotatable bonds is 7. The average Bonchev–Trinajstić information content (AvgIpc) is 3.08. The van der Waals surface area contributed by atoms with Gasteiger partial charge in [-0.05, 0) is 24.2 Å². The second-order valence-electron chi connectivity index (χ2n) is 5.81. The molecular formula is C14H21N3O3S. The minimum atomic E-state index is -1.02. The number of carboxylic acid groups (broad SMARTS) is 1. The molecule has 3 N–H and O–H groups in total. The van der Waals surface area contributed by atoms with E-state index in [-0.39, 0.29) is 11.7 Å². The summed E-state index contributed by atoms with van der Waals surface area (Å²) in [4.78, 5) is 26.4. The lowest BCUT2D eigenvalue weighted by Gasteiger charge is -2.20. The summed E-state index contributed by atoms with van der Waals surface area (Å²) in [5, 5.41) is 16.7. The first-order chi connectivity index (χ1) is 9.93. The van der Waals surface area contributed by atoms with E-state index in [9.17, 15) is 9.59 Å². The quantitative estimate of drug-likeness (QED) is 0.719. The van der Waals surface area contributed by atoms with Gasteiger partial charge >= 0.3 is 12.0 Å². The first kappa shape index (κ1) is 15.8. The lowest BCUT2D eigenvalue weighted by atomic mass is 9.92. The van der Waals surface area contributed by atoms with Crippen LogP contribution in [0.4, 0.5) is 4.79 Å². The van der Waals surface area contributed by atoms with Gasteiger partial charge in [-0.1, -0.05) is 13.8 Å². The highest BCUT2D eigenvalue weighted by molar-refractivity contribution is 7.09. The van der Waals surface area contributed by atoms with E-state index in [0.29, 0.717) is 29.3 Å². The summed E-state index contributed by atoms with van der Waals surface area (Å²) < 4.78 is 0. The largest absolute Gasteiger partial charge is 0.476 e. The Labute approximate surface area is 128 Å². The minimum Gasteiger partial charge on any atom is -0.476 e. The van der Waals surface area contributed by atoms with Gasteiger partial charge < -0.3 is 15.7 Å². The zero-order chi connectivity index (χ0) is 15.5. The number of amides is 2. The summed E-state index contributed by atoms with van der Waals surface area (Å²) in [5.41, 5.74) is 0.357. The Bertz CT molecular complexity index is 523. The molecule has 1 aliphatic rings. The normalized spacial score (nSPS) is 15.8. The molecule has 116 valence electrons. The standard InChI is InChI=1S/C14H21N3O3S/c1-9(2)14(4-5-14)8-16-13(20)15-6-3-11-17-10(7-21-11)12(18)19/h7,9H,3-6,8H2,1-2H3,(H,18,19)(H2,15,16,20). The van der Waals surface area contributed by atoms with Gasteiger partial charge in [0.2, 0.25) is 0 Å². The molecule has 0 atom stereocenters. The van der Waals surface area contributed by atoms with Crippen molar-refractivity contribution in [2.75, 3.05) is 13.1 Å². The Balaban J connectivity index is 1.66. The first-order valence-electron chi connectivity index (χ1n) is 7.12. The number of carbonyl (C=O) groups excluding carboxylic acids is 1. The fraction of sp³-hybridized carbons (Fsp3) is 0.643. The van der Waals surface area contributed by atoms with Crippen LogP contribution in [0, 0.1) is 11.3 Å². The van der Waals surface area contributed by atoms with Crippen LogP contribution in [-0.2, 0) is 6.42 Å². The van der Waals surface area contributed by atoms with Crippen LogP contribution in [0.1, 0.15) is 42.2 Å². The van der Waals surface area contributed by atoms with Crippen molar-refractivity contribution in [2.24, 2.45) is 11.3 Å². The fourth-order valence-corrected chi connectivity index (χ4v) is 3.02. The molecule has 1 heterocycles. The first-order valence-corrected chi connectivity index (χ1v) is 8.00. The summed E-state index contributed by atoms with van der Waals surface area (Å²) in [6, 6.07) is -0.170. The summed E-state index contributed by atoms with van der Waals surface area (Å²) in [6.07, 6.45) is 2.91. The van der Waals surface area contributed by atoms with Gasteiger partial charge in [-0.15, -0.1) is 11.3 Å². The Kier molecular flexibility index (Phi) is 4.82. The molecular weight excluding hydrogens is 290 g/mol. The monoisotopic (exact) mass is 311 g/mol. The number of hydrogen-bond donors (Lipinski definition) is 3. The molecule has 1 fully saturated rings. The van der Waals surface area contributed by atoms with Crippen molar-refractivity contribution in [2.45, 2.75) is 33.1 Å². The third-order valence-electron chi connectivity index (χ3n) is 4.11. The molecule has 7 heteroatoms. The Morgan fingerprint density at radius 3 is 2.67 bits per heavy atom.